The molecule has 21 heteroatoms. The first-order valence-corrected chi connectivity index (χ1v) is 21.6. The standard InChI is InChI=1S/C9H12O2S.2C6H13NO2S.C5H8N2O3S.C3H9NO2S/c1-7-4-5-8(2)9(6-7)12(10)11-3;1-10(8,9)7-5-3-2-4-6-7;1-9-10(8)7-6-4-2-3-5-6;1-3-4(11(8)9-2)5(6)7-10-3;1-4(2)7(5)6-3/h4-6H,1-3H3;2-6H2,1H3;6-7H,2-5H2,1H3;1-2H3,(H2,6,7);1-3H3. The smallest absolute Gasteiger partial charge is 0.236 e. The SMILES string of the molecule is COS(=O)N(C)C.COS(=O)NC1CCCC1.COS(=O)c1c(N)noc1C.COS(=O)c1cc(C)ccc1C.CS(=O)(=O)N1CCCCC1. The summed E-state index contributed by atoms with van der Waals surface area (Å²) in [5, 5.41) is 3.41. The quantitative estimate of drug-likeness (QED) is 0.354. The summed E-state index contributed by atoms with van der Waals surface area (Å²) >= 11 is -5.39. The molecule has 1 aliphatic heterocycles. The van der Waals surface area contributed by atoms with Gasteiger partial charge in [-0.05, 0) is 63.6 Å². The average Bonchev–Trinajstić information content (AvgIpc) is 3.74. The zero-order chi connectivity index (χ0) is 38.4. The Balaban J connectivity index is 0.000000606. The van der Waals surface area contributed by atoms with Gasteiger partial charge in [-0.3, -0.25) is 16.7 Å². The minimum Gasteiger partial charge on any atom is -0.380 e. The number of rotatable bonds is 10. The summed E-state index contributed by atoms with van der Waals surface area (Å²) in [6.07, 6.45) is 9.26. The van der Waals surface area contributed by atoms with Gasteiger partial charge < -0.3 is 10.3 Å². The van der Waals surface area contributed by atoms with E-state index in [1.54, 1.807) is 25.3 Å². The number of nitrogen functional groups attached to an aromatic ring is 1. The van der Waals surface area contributed by atoms with E-state index in [0.717, 1.165) is 54.8 Å². The van der Waals surface area contributed by atoms with Gasteiger partial charge in [0.25, 0.3) is 0 Å². The lowest BCUT2D eigenvalue weighted by atomic mass is 10.2. The second kappa shape index (κ2) is 26.3. The highest BCUT2D eigenvalue weighted by molar-refractivity contribution is 7.88. The molecule has 1 saturated heterocycles. The van der Waals surface area contributed by atoms with Gasteiger partial charge in [0, 0.05) is 33.2 Å². The highest BCUT2D eigenvalue weighted by Gasteiger charge is 2.19. The molecule has 1 aliphatic carbocycles. The van der Waals surface area contributed by atoms with Crippen LogP contribution >= 0.6 is 0 Å². The Labute approximate surface area is 308 Å². The van der Waals surface area contributed by atoms with Gasteiger partial charge in [-0.15, -0.1) is 0 Å². The minimum atomic E-state index is -2.89. The number of sulfonamides is 1. The Morgan fingerprint density at radius 2 is 1.44 bits per heavy atom. The molecule has 292 valence electrons. The summed E-state index contributed by atoms with van der Waals surface area (Å²) in [4.78, 5) is 1.07. The molecular formula is C29H55N5O11S5. The molecule has 50 heavy (non-hydrogen) atoms. The third-order valence-corrected chi connectivity index (χ3v) is 12.1. The normalized spacial score (nSPS) is 17.3. The van der Waals surface area contributed by atoms with Crippen molar-refractivity contribution < 1.29 is 46.5 Å². The van der Waals surface area contributed by atoms with Crippen LogP contribution in [0.5, 0.6) is 0 Å². The van der Waals surface area contributed by atoms with Gasteiger partial charge in [0.05, 0.1) is 39.6 Å². The van der Waals surface area contributed by atoms with Gasteiger partial charge in [0.1, 0.15) is 0 Å². The fourth-order valence-corrected chi connectivity index (χ4v) is 7.48. The Kier molecular flexibility index (Phi) is 25.5. The van der Waals surface area contributed by atoms with Crippen LogP contribution in [-0.4, -0.2) is 107 Å². The van der Waals surface area contributed by atoms with Crippen LogP contribution in [0.15, 0.2) is 32.5 Å². The molecule has 4 rings (SSSR count). The van der Waals surface area contributed by atoms with E-state index in [1.807, 2.05) is 32.0 Å². The van der Waals surface area contributed by atoms with E-state index in [0.29, 0.717) is 16.7 Å². The van der Waals surface area contributed by atoms with Crippen LogP contribution in [0, 0.1) is 20.8 Å². The van der Waals surface area contributed by atoms with Gasteiger partial charge in [0.2, 0.25) is 32.6 Å². The van der Waals surface area contributed by atoms with Crippen molar-refractivity contribution in [3.05, 3.63) is 35.1 Å². The Hall–Kier alpha value is -1.50. The first-order valence-electron chi connectivity index (χ1n) is 15.5. The summed E-state index contributed by atoms with van der Waals surface area (Å²) in [5.41, 5.74) is 7.44. The molecule has 0 amide bonds. The molecule has 4 unspecified atom stereocenters. The highest BCUT2D eigenvalue weighted by Crippen LogP contribution is 2.20. The van der Waals surface area contributed by atoms with E-state index in [2.05, 4.69) is 27.0 Å². The van der Waals surface area contributed by atoms with Crippen LogP contribution in [0.2, 0.25) is 0 Å². The molecule has 0 radical (unpaired) electrons. The first kappa shape index (κ1) is 48.5. The molecule has 0 spiro atoms. The fraction of sp³-hybridized carbons (Fsp3) is 0.690. The third kappa shape index (κ3) is 19.9. The number of nitrogens with zero attached hydrogens (tertiary/aromatic N) is 3. The molecule has 1 aromatic heterocycles. The largest absolute Gasteiger partial charge is 0.380 e. The zero-order valence-corrected chi connectivity index (χ0v) is 34.7. The van der Waals surface area contributed by atoms with E-state index in [-0.39, 0.29) is 5.82 Å². The third-order valence-electron chi connectivity index (χ3n) is 6.82. The van der Waals surface area contributed by atoms with Crippen molar-refractivity contribution in [2.45, 2.75) is 81.5 Å². The van der Waals surface area contributed by atoms with Gasteiger partial charge in [0.15, 0.2) is 38.6 Å². The van der Waals surface area contributed by atoms with Crippen molar-refractivity contribution in [3.8, 4) is 0 Å². The van der Waals surface area contributed by atoms with Crippen molar-refractivity contribution >= 4 is 60.5 Å². The second-order valence-electron chi connectivity index (χ2n) is 10.9. The number of hydrogen-bond donors (Lipinski definition) is 2. The Morgan fingerprint density at radius 1 is 0.880 bits per heavy atom. The molecule has 1 saturated carbocycles. The maximum absolute atomic E-state index is 11.3. The van der Waals surface area contributed by atoms with E-state index >= 15 is 0 Å². The summed E-state index contributed by atoms with van der Waals surface area (Å²) in [5.74, 6) is 0.533. The van der Waals surface area contributed by atoms with Crippen LogP contribution in [0.3, 0.4) is 0 Å². The lowest BCUT2D eigenvalue weighted by molar-refractivity contribution is 0.349. The maximum atomic E-state index is 11.3. The number of nitrogens with two attached hydrogens (primary N) is 1. The van der Waals surface area contributed by atoms with Crippen molar-refractivity contribution in [1.82, 2.24) is 18.5 Å². The van der Waals surface area contributed by atoms with Crippen LogP contribution < -0.4 is 10.5 Å². The first-order chi connectivity index (χ1) is 23.4. The number of anilines is 1. The number of nitrogens with one attached hydrogen (secondary N) is 1. The van der Waals surface area contributed by atoms with Crippen molar-refractivity contribution in [2.75, 3.05) is 67.6 Å². The van der Waals surface area contributed by atoms with Crippen molar-refractivity contribution in [3.63, 3.8) is 0 Å². The van der Waals surface area contributed by atoms with Gasteiger partial charge in [-0.1, -0.05) is 36.6 Å². The van der Waals surface area contributed by atoms with Crippen LogP contribution in [0.1, 0.15) is 61.8 Å². The molecule has 4 atom stereocenters. The molecule has 2 aromatic rings. The summed E-state index contributed by atoms with van der Waals surface area (Å²) in [7, 11) is 6.07. The van der Waals surface area contributed by atoms with Crippen LogP contribution in [0.25, 0.3) is 0 Å². The molecule has 2 aliphatic rings. The Morgan fingerprint density at radius 3 is 1.82 bits per heavy atom. The van der Waals surface area contributed by atoms with Crippen molar-refractivity contribution in [2.24, 2.45) is 0 Å². The van der Waals surface area contributed by atoms with Gasteiger partial charge in [-0.25, -0.2) is 38.6 Å². The van der Waals surface area contributed by atoms with Gasteiger partial charge >= 0.3 is 0 Å². The second-order valence-corrected chi connectivity index (χ2v) is 17.9. The van der Waals surface area contributed by atoms with Crippen LogP contribution in [0.4, 0.5) is 5.82 Å². The predicted molar refractivity (Wildman–Crippen MR) is 198 cm³/mol. The van der Waals surface area contributed by atoms with E-state index in [9.17, 15) is 25.3 Å². The molecular weight excluding hydrogens is 755 g/mol. The number of aryl methyl sites for hydroxylation is 3. The van der Waals surface area contributed by atoms with E-state index in [1.165, 1.54) is 58.3 Å². The summed E-state index contributed by atoms with van der Waals surface area (Å²) in [6, 6.07) is 6.24. The van der Waals surface area contributed by atoms with E-state index in [4.69, 9.17) is 9.92 Å². The lowest BCUT2D eigenvalue weighted by Gasteiger charge is -2.23. The number of piperidine rings is 1. The topological polar surface area (TPSA) is 210 Å². The lowest BCUT2D eigenvalue weighted by Crippen LogP contribution is -2.34. The number of benzene rings is 1. The predicted octanol–water partition coefficient (Wildman–Crippen LogP) is 3.16. The number of aromatic nitrogens is 1. The highest BCUT2D eigenvalue weighted by atomic mass is 32.2. The number of hydrogen-bond acceptors (Lipinski definition) is 13. The fourth-order valence-electron chi connectivity index (χ4n) is 4.22. The molecule has 2 fully saturated rings. The molecule has 1 aromatic carbocycles. The van der Waals surface area contributed by atoms with Crippen LogP contribution in [-0.2, 0) is 71.4 Å². The van der Waals surface area contributed by atoms with Crippen molar-refractivity contribution in [1.29, 1.82) is 0 Å². The molecule has 0 bridgehead atoms. The van der Waals surface area contributed by atoms with Gasteiger partial charge in [-0.2, -0.15) is 0 Å². The molecule has 2 heterocycles. The monoisotopic (exact) mass is 809 g/mol. The minimum absolute atomic E-state index is 0.114. The average molecular weight is 810 g/mol. The maximum Gasteiger partial charge on any atom is 0.236 e. The zero-order valence-electron chi connectivity index (χ0n) is 30.6. The molecule has 16 nitrogen and oxygen atoms in total. The molecule has 3 N–H and O–H groups in total. The van der Waals surface area contributed by atoms with E-state index < -0.39 is 54.7 Å². The summed E-state index contributed by atoms with van der Waals surface area (Å²) in [6.45, 7) is 6.95. The Bertz CT molecular complexity index is 1440. The summed E-state index contributed by atoms with van der Waals surface area (Å²) < 4.78 is 94.0.